The van der Waals surface area contributed by atoms with Crippen molar-refractivity contribution in [2.75, 3.05) is 14.2 Å². The first-order valence-electron chi connectivity index (χ1n) is 10.7. The van der Waals surface area contributed by atoms with Crippen molar-refractivity contribution in [2.24, 2.45) is 0 Å². The van der Waals surface area contributed by atoms with Crippen LogP contribution >= 0.6 is 11.3 Å². The molecule has 0 radical (unpaired) electrons. The maximum Gasteiger partial charge on any atom is 0.263 e. The first-order valence-corrected chi connectivity index (χ1v) is 11.5. The highest BCUT2D eigenvalue weighted by molar-refractivity contribution is 7.17. The van der Waals surface area contributed by atoms with Crippen LogP contribution in [0.25, 0.3) is 10.6 Å². The van der Waals surface area contributed by atoms with Crippen LogP contribution in [-0.2, 0) is 13.1 Å². The Morgan fingerprint density at radius 1 is 1.00 bits per heavy atom. The molecule has 0 fully saturated rings. The van der Waals surface area contributed by atoms with Crippen LogP contribution in [0.1, 0.15) is 26.5 Å². The van der Waals surface area contributed by atoms with E-state index in [1.807, 2.05) is 55.5 Å². The summed E-state index contributed by atoms with van der Waals surface area (Å²) in [5, 5.41) is 3.71. The van der Waals surface area contributed by atoms with E-state index >= 15 is 0 Å². The van der Waals surface area contributed by atoms with E-state index in [-0.39, 0.29) is 11.5 Å². The first kappa shape index (κ1) is 23.3. The van der Waals surface area contributed by atoms with E-state index in [1.54, 1.807) is 37.1 Å². The number of thiazole rings is 1. The Balaban J connectivity index is 1.41. The van der Waals surface area contributed by atoms with Crippen LogP contribution in [0, 0.1) is 6.92 Å². The number of carbonyl (C=O) groups excluding carboxylic acids is 1. The predicted octanol–water partition coefficient (Wildman–Crippen LogP) is 4.28. The second kappa shape index (κ2) is 10.4. The molecule has 4 aromatic rings. The molecule has 0 saturated heterocycles. The van der Waals surface area contributed by atoms with Crippen molar-refractivity contribution in [3.8, 4) is 22.1 Å². The molecule has 0 spiro atoms. The monoisotopic (exact) mass is 475 g/mol. The largest absolute Gasteiger partial charge is 0.493 e. The zero-order chi connectivity index (χ0) is 24.1. The van der Waals surface area contributed by atoms with Gasteiger partial charge in [0, 0.05) is 24.4 Å². The van der Waals surface area contributed by atoms with Gasteiger partial charge in [0.05, 0.1) is 26.5 Å². The lowest BCUT2D eigenvalue weighted by atomic mass is 10.1. The standard InChI is InChI=1S/C26H25N3O4S/c1-17-24(34-26(28-17)20-11-12-21(32-2)22(14-20)33-3)25(31)27-15-18-7-9-19(10-8-18)16-29-13-5-4-6-23(29)30/h4-14H,15-16H2,1-3H3,(H,27,31). The molecule has 0 aliphatic rings. The van der Waals surface area contributed by atoms with Gasteiger partial charge in [-0.05, 0) is 42.3 Å². The number of pyridine rings is 1. The molecule has 8 heteroatoms. The summed E-state index contributed by atoms with van der Waals surface area (Å²) in [7, 11) is 3.17. The Hall–Kier alpha value is -3.91. The molecule has 0 aliphatic heterocycles. The van der Waals surface area contributed by atoms with Gasteiger partial charge in [0.1, 0.15) is 9.88 Å². The molecule has 1 N–H and O–H groups in total. The maximum atomic E-state index is 12.8. The van der Waals surface area contributed by atoms with Gasteiger partial charge in [0.2, 0.25) is 0 Å². The number of aryl methyl sites for hydroxylation is 1. The zero-order valence-electron chi connectivity index (χ0n) is 19.2. The van der Waals surface area contributed by atoms with Gasteiger partial charge in [-0.2, -0.15) is 0 Å². The number of nitrogens with one attached hydrogen (secondary N) is 1. The van der Waals surface area contributed by atoms with Crippen LogP contribution in [-0.4, -0.2) is 29.7 Å². The number of nitrogens with zero attached hydrogens (tertiary/aromatic N) is 2. The summed E-state index contributed by atoms with van der Waals surface area (Å²) in [5.74, 6) is 1.08. The van der Waals surface area contributed by atoms with Crippen LogP contribution in [0.4, 0.5) is 0 Å². The summed E-state index contributed by atoms with van der Waals surface area (Å²) in [5.41, 5.74) is 3.49. The van der Waals surface area contributed by atoms with E-state index in [2.05, 4.69) is 10.3 Å². The maximum absolute atomic E-state index is 12.8. The number of benzene rings is 2. The number of amides is 1. The number of carbonyl (C=O) groups is 1. The normalized spacial score (nSPS) is 10.7. The van der Waals surface area contributed by atoms with Crippen molar-refractivity contribution in [1.82, 2.24) is 14.9 Å². The average Bonchev–Trinajstić information content (AvgIpc) is 3.26. The Kier molecular flexibility index (Phi) is 7.08. The third-order valence-electron chi connectivity index (χ3n) is 5.36. The molecule has 1 amide bonds. The fourth-order valence-electron chi connectivity index (χ4n) is 3.51. The van der Waals surface area contributed by atoms with Gasteiger partial charge in [-0.25, -0.2) is 4.98 Å². The zero-order valence-corrected chi connectivity index (χ0v) is 20.0. The van der Waals surface area contributed by atoms with Crippen LogP contribution < -0.4 is 20.3 Å². The van der Waals surface area contributed by atoms with Gasteiger partial charge >= 0.3 is 0 Å². The van der Waals surface area contributed by atoms with Crippen LogP contribution in [0.5, 0.6) is 11.5 Å². The van der Waals surface area contributed by atoms with Crippen LogP contribution in [0.15, 0.2) is 71.7 Å². The highest BCUT2D eigenvalue weighted by atomic mass is 32.1. The Morgan fingerprint density at radius 3 is 2.44 bits per heavy atom. The van der Waals surface area contributed by atoms with E-state index in [9.17, 15) is 9.59 Å². The lowest BCUT2D eigenvalue weighted by Crippen LogP contribution is -2.22. The summed E-state index contributed by atoms with van der Waals surface area (Å²) in [6.07, 6.45) is 1.77. The number of ether oxygens (including phenoxy) is 2. The van der Waals surface area contributed by atoms with Crippen molar-refractivity contribution in [2.45, 2.75) is 20.0 Å². The van der Waals surface area contributed by atoms with Gasteiger partial charge < -0.3 is 19.4 Å². The molecule has 0 atom stereocenters. The summed E-state index contributed by atoms with van der Waals surface area (Å²) >= 11 is 1.34. The molecule has 34 heavy (non-hydrogen) atoms. The number of aromatic nitrogens is 2. The summed E-state index contributed by atoms with van der Waals surface area (Å²) < 4.78 is 12.3. The molecule has 2 heterocycles. The van der Waals surface area contributed by atoms with Crippen molar-refractivity contribution in [3.63, 3.8) is 0 Å². The number of methoxy groups -OCH3 is 2. The fourth-order valence-corrected chi connectivity index (χ4v) is 4.49. The number of hydrogen-bond donors (Lipinski definition) is 1. The molecule has 0 aliphatic carbocycles. The van der Waals surface area contributed by atoms with Crippen molar-refractivity contribution in [3.05, 3.63) is 98.9 Å². The van der Waals surface area contributed by atoms with E-state index in [1.165, 1.54) is 11.3 Å². The summed E-state index contributed by atoms with van der Waals surface area (Å²) in [4.78, 5) is 29.9. The lowest BCUT2D eigenvalue weighted by molar-refractivity contribution is 0.0954. The number of hydrogen-bond acceptors (Lipinski definition) is 6. The Morgan fingerprint density at radius 2 is 1.74 bits per heavy atom. The minimum absolute atomic E-state index is 0.0359. The molecule has 0 saturated carbocycles. The smallest absolute Gasteiger partial charge is 0.263 e. The predicted molar refractivity (Wildman–Crippen MR) is 133 cm³/mol. The molecule has 0 unspecified atom stereocenters. The van der Waals surface area contributed by atoms with Gasteiger partial charge in [0.15, 0.2) is 11.5 Å². The minimum Gasteiger partial charge on any atom is -0.493 e. The highest BCUT2D eigenvalue weighted by Crippen LogP contribution is 2.35. The molecule has 0 bridgehead atoms. The topological polar surface area (TPSA) is 82.5 Å². The van der Waals surface area contributed by atoms with E-state index in [0.717, 1.165) is 21.7 Å². The fraction of sp³-hybridized carbons (Fsp3) is 0.192. The number of rotatable bonds is 8. The molecule has 4 rings (SSSR count). The van der Waals surface area contributed by atoms with Crippen LogP contribution in [0.2, 0.25) is 0 Å². The second-order valence-corrected chi connectivity index (χ2v) is 8.67. The molecule has 7 nitrogen and oxygen atoms in total. The highest BCUT2D eigenvalue weighted by Gasteiger charge is 2.17. The van der Waals surface area contributed by atoms with Crippen molar-refractivity contribution < 1.29 is 14.3 Å². The van der Waals surface area contributed by atoms with E-state index in [4.69, 9.17) is 9.47 Å². The van der Waals surface area contributed by atoms with Crippen molar-refractivity contribution in [1.29, 1.82) is 0 Å². The molecular formula is C26H25N3O4S. The average molecular weight is 476 g/mol. The summed E-state index contributed by atoms with van der Waals surface area (Å²) in [6, 6.07) is 18.5. The van der Waals surface area contributed by atoms with Crippen LogP contribution in [0.3, 0.4) is 0 Å². The first-order chi connectivity index (χ1) is 16.5. The quantitative estimate of drug-likeness (QED) is 0.411. The minimum atomic E-state index is -0.165. The lowest BCUT2D eigenvalue weighted by Gasteiger charge is -2.08. The van der Waals surface area contributed by atoms with E-state index in [0.29, 0.717) is 35.2 Å². The Labute approximate surface area is 201 Å². The molecule has 174 valence electrons. The SMILES string of the molecule is COc1ccc(-c2nc(C)c(C(=O)NCc3ccc(Cn4ccccc4=O)cc3)s2)cc1OC. The Bertz CT molecular complexity index is 1360. The molecular weight excluding hydrogens is 450 g/mol. The molecule has 2 aromatic heterocycles. The van der Waals surface area contributed by atoms with E-state index < -0.39 is 0 Å². The molecule has 2 aromatic carbocycles. The van der Waals surface area contributed by atoms with Gasteiger partial charge in [0.25, 0.3) is 11.5 Å². The second-order valence-electron chi connectivity index (χ2n) is 7.67. The summed E-state index contributed by atoms with van der Waals surface area (Å²) in [6.45, 7) is 2.73. The van der Waals surface area contributed by atoms with Crippen molar-refractivity contribution >= 4 is 17.2 Å². The van der Waals surface area contributed by atoms with Gasteiger partial charge in [-0.1, -0.05) is 30.3 Å². The van der Waals surface area contributed by atoms with Gasteiger partial charge in [-0.15, -0.1) is 11.3 Å². The third-order valence-corrected chi connectivity index (χ3v) is 6.57. The third kappa shape index (κ3) is 5.18. The van der Waals surface area contributed by atoms with Gasteiger partial charge in [-0.3, -0.25) is 9.59 Å².